The molecule has 2 N–H and O–H groups in total. The van der Waals surface area contributed by atoms with Crippen LogP contribution in [0.1, 0.15) is 44.0 Å². The maximum Gasteiger partial charge on any atom is 0.244 e. The van der Waals surface area contributed by atoms with Crippen LogP contribution in [0.25, 0.3) is 0 Å². The van der Waals surface area contributed by atoms with E-state index in [2.05, 4.69) is 12.0 Å². The molecule has 1 aromatic rings. The fourth-order valence-electron chi connectivity index (χ4n) is 2.94. The van der Waals surface area contributed by atoms with Gasteiger partial charge in [0.2, 0.25) is 5.91 Å². The number of carbonyl (C=O) groups excluding carboxylic acids is 1. The summed E-state index contributed by atoms with van der Waals surface area (Å²) in [4.78, 5) is 14.3. The molecule has 112 valence electrons. The fourth-order valence-corrected chi connectivity index (χ4v) is 2.94. The summed E-state index contributed by atoms with van der Waals surface area (Å²) < 4.78 is 1.72. The Bertz CT molecular complexity index is 486. The number of carbonyl (C=O) groups is 1. The van der Waals surface area contributed by atoms with E-state index in [1.165, 1.54) is 12.8 Å². The Morgan fingerprint density at radius 3 is 2.45 bits per heavy atom. The molecule has 1 fully saturated rings. The summed E-state index contributed by atoms with van der Waals surface area (Å²) in [6.07, 6.45) is 4.66. The van der Waals surface area contributed by atoms with E-state index in [-0.39, 0.29) is 12.5 Å². The highest BCUT2D eigenvalue weighted by Crippen LogP contribution is 2.26. The maximum absolute atomic E-state index is 12.4. The van der Waals surface area contributed by atoms with Gasteiger partial charge in [0, 0.05) is 13.1 Å². The van der Waals surface area contributed by atoms with Crippen LogP contribution >= 0.6 is 0 Å². The second kappa shape index (κ2) is 5.85. The van der Waals surface area contributed by atoms with E-state index in [0.717, 1.165) is 30.1 Å². The minimum Gasteiger partial charge on any atom is -0.396 e. The maximum atomic E-state index is 12.4. The number of amides is 1. The minimum atomic E-state index is 0.121. The molecule has 20 heavy (non-hydrogen) atoms. The quantitative estimate of drug-likeness (QED) is 0.921. The molecule has 0 radical (unpaired) electrons. The number of hydrogen-bond acceptors (Lipinski definition) is 3. The molecule has 0 spiro atoms. The van der Waals surface area contributed by atoms with Crippen molar-refractivity contribution in [1.29, 1.82) is 0 Å². The molecule has 1 heterocycles. The molecule has 0 aliphatic heterocycles. The zero-order valence-electron chi connectivity index (χ0n) is 13.0. The Kier molecular flexibility index (Phi) is 4.35. The lowest BCUT2D eigenvalue weighted by Crippen LogP contribution is -2.41. The predicted octanol–water partition coefficient (Wildman–Crippen LogP) is 2.12. The van der Waals surface area contributed by atoms with Gasteiger partial charge in [0.15, 0.2) is 0 Å². The Morgan fingerprint density at radius 2 is 1.95 bits per heavy atom. The molecular formula is C15H26N4O. The standard InChI is InChI=1S/C15H26N4O/c1-10-5-7-13(8-6-10)18(4)14(20)9-19-12(3)15(16)11(2)17-19/h10,13H,5-9,16H2,1-4H3. The third-order valence-corrected chi connectivity index (χ3v) is 4.65. The first kappa shape index (κ1) is 14.9. The predicted molar refractivity (Wildman–Crippen MR) is 80.3 cm³/mol. The van der Waals surface area contributed by atoms with Gasteiger partial charge in [-0.25, -0.2) is 0 Å². The SMILES string of the molecule is Cc1nn(CC(=O)N(C)C2CCC(C)CC2)c(C)c1N. The largest absolute Gasteiger partial charge is 0.396 e. The van der Waals surface area contributed by atoms with Gasteiger partial charge in [-0.1, -0.05) is 6.92 Å². The van der Waals surface area contributed by atoms with Gasteiger partial charge >= 0.3 is 0 Å². The van der Waals surface area contributed by atoms with Crippen LogP contribution in [0.4, 0.5) is 5.69 Å². The van der Waals surface area contributed by atoms with Crippen LogP contribution in [0.15, 0.2) is 0 Å². The van der Waals surface area contributed by atoms with Crippen molar-refractivity contribution < 1.29 is 4.79 Å². The van der Waals surface area contributed by atoms with Crippen molar-refractivity contribution in [2.45, 2.75) is 59.0 Å². The Labute approximate surface area is 121 Å². The summed E-state index contributed by atoms with van der Waals surface area (Å²) in [5.74, 6) is 0.917. The first-order valence-electron chi connectivity index (χ1n) is 7.45. The van der Waals surface area contributed by atoms with Crippen LogP contribution in [0, 0.1) is 19.8 Å². The fraction of sp³-hybridized carbons (Fsp3) is 0.733. The number of anilines is 1. The average Bonchev–Trinajstić information content (AvgIpc) is 2.66. The smallest absolute Gasteiger partial charge is 0.244 e. The van der Waals surface area contributed by atoms with Crippen molar-refractivity contribution in [1.82, 2.24) is 14.7 Å². The van der Waals surface area contributed by atoms with Crippen LogP contribution in [0.3, 0.4) is 0 Å². The molecule has 0 aromatic carbocycles. The first-order valence-corrected chi connectivity index (χ1v) is 7.45. The van der Waals surface area contributed by atoms with E-state index in [9.17, 15) is 4.79 Å². The Balaban J connectivity index is 1.99. The van der Waals surface area contributed by atoms with E-state index < -0.39 is 0 Å². The molecule has 1 amide bonds. The van der Waals surface area contributed by atoms with Crippen molar-refractivity contribution in [2.24, 2.45) is 5.92 Å². The van der Waals surface area contributed by atoms with Crippen LogP contribution in [-0.2, 0) is 11.3 Å². The van der Waals surface area contributed by atoms with Gasteiger partial charge in [0.05, 0.1) is 17.1 Å². The van der Waals surface area contributed by atoms with E-state index in [1.54, 1.807) is 4.68 Å². The molecule has 1 aliphatic carbocycles. The molecule has 5 heteroatoms. The lowest BCUT2D eigenvalue weighted by molar-refractivity contribution is -0.133. The summed E-state index contributed by atoms with van der Waals surface area (Å²) in [6, 6.07) is 0.382. The Morgan fingerprint density at radius 1 is 1.35 bits per heavy atom. The van der Waals surface area contributed by atoms with Gasteiger partial charge in [-0.05, 0) is 45.4 Å². The van der Waals surface area contributed by atoms with Crippen LogP contribution in [0.5, 0.6) is 0 Å². The van der Waals surface area contributed by atoms with E-state index in [1.807, 2.05) is 25.8 Å². The van der Waals surface area contributed by atoms with Crippen LogP contribution in [-0.4, -0.2) is 33.7 Å². The summed E-state index contributed by atoms with van der Waals surface area (Å²) in [5, 5.41) is 4.33. The lowest BCUT2D eigenvalue weighted by atomic mass is 9.87. The lowest BCUT2D eigenvalue weighted by Gasteiger charge is -2.33. The third-order valence-electron chi connectivity index (χ3n) is 4.65. The van der Waals surface area contributed by atoms with Crippen molar-refractivity contribution in [2.75, 3.05) is 12.8 Å². The molecule has 2 rings (SSSR count). The van der Waals surface area contributed by atoms with E-state index in [0.29, 0.717) is 11.7 Å². The van der Waals surface area contributed by atoms with Gasteiger partial charge in [-0.2, -0.15) is 5.10 Å². The number of aromatic nitrogens is 2. The molecule has 1 aliphatic rings. The number of rotatable bonds is 3. The molecule has 0 bridgehead atoms. The summed E-state index contributed by atoms with van der Waals surface area (Å²) in [7, 11) is 1.91. The monoisotopic (exact) mass is 278 g/mol. The second-order valence-corrected chi connectivity index (χ2v) is 6.16. The number of nitrogens with two attached hydrogens (primary N) is 1. The number of likely N-dealkylation sites (N-methyl/N-ethyl adjacent to an activating group) is 1. The number of nitrogens with zero attached hydrogens (tertiary/aromatic N) is 3. The van der Waals surface area contributed by atoms with Crippen molar-refractivity contribution in [3.63, 3.8) is 0 Å². The molecule has 0 unspecified atom stereocenters. The van der Waals surface area contributed by atoms with Gasteiger partial charge in [-0.3, -0.25) is 9.48 Å². The van der Waals surface area contributed by atoms with Crippen molar-refractivity contribution in [3.05, 3.63) is 11.4 Å². The first-order chi connectivity index (χ1) is 9.40. The van der Waals surface area contributed by atoms with Crippen LogP contribution in [0.2, 0.25) is 0 Å². The third kappa shape index (κ3) is 2.97. The highest BCUT2D eigenvalue weighted by Gasteiger charge is 2.25. The summed E-state index contributed by atoms with van der Waals surface area (Å²) in [6.45, 7) is 6.35. The Hall–Kier alpha value is -1.52. The van der Waals surface area contributed by atoms with Gasteiger partial charge < -0.3 is 10.6 Å². The van der Waals surface area contributed by atoms with Gasteiger partial charge in [0.1, 0.15) is 6.54 Å². The highest BCUT2D eigenvalue weighted by atomic mass is 16.2. The molecule has 0 saturated heterocycles. The normalized spacial score (nSPS) is 22.8. The molecule has 0 atom stereocenters. The topological polar surface area (TPSA) is 64.2 Å². The molecule has 1 aromatic heterocycles. The second-order valence-electron chi connectivity index (χ2n) is 6.16. The van der Waals surface area contributed by atoms with Gasteiger partial charge in [-0.15, -0.1) is 0 Å². The summed E-state index contributed by atoms with van der Waals surface area (Å²) >= 11 is 0. The van der Waals surface area contributed by atoms with E-state index >= 15 is 0 Å². The molecule has 1 saturated carbocycles. The summed E-state index contributed by atoms with van der Waals surface area (Å²) in [5.41, 5.74) is 8.26. The highest BCUT2D eigenvalue weighted by molar-refractivity contribution is 5.76. The number of nitrogen functional groups attached to an aromatic ring is 1. The zero-order chi connectivity index (χ0) is 14.9. The zero-order valence-corrected chi connectivity index (χ0v) is 13.0. The molecule has 5 nitrogen and oxygen atoms in total. The van der Waals surface area contributed by atoms with Crippen LogP contribution < -0.4 is 5.73 Å². The van der Waals surface area contributed by atoms with E-state index in [4.69, 9.17) is 5.73 Å². The van der Waals surface area contributed by atoms with Gasteiger partial charge in [0.25, 0.3) is 0 Å². The number of aryl methyl sites for hydroxylation is 1. The average molecular weight is 278 g/mol. The molecular weight excluding hydrogens is 252 g/mol. The van der Waals surface area contributed by atoms with Crippen molar-refractivity contribution >= 4 is 11.6 Å². The van der Waals surface area contributed by atoms with Crippen molar-refractivity contribution in [3.8, 4) is 0 Å². The number of hydrogen-bond donors (Lipinski definition) is 1. The minimum absolute atomic E-state index is 0.121.